The molecule has 2 aliphatic rings. The van der Waals surface area contributed by atoms with Crippen LogP contribution in [0.1, 0.15) is 23.7 Å². The van der Waals surface area contributed by atoms with Gasteiger partial charge in [0.05, 0.1) is 17.0 Å². The van der Waals surface area contributed by atoms with Gasteiger partial charge in [0.1, 0.15) is 5.65 Å². The fourth-order valence-corrected chi connectivity index (χ4v) is 4.60. The molecule has 32 heavy (non-hydrogen) atoms. The molecule has 1 fully saturated rings. The summed E-state index contributed by atoms with van der Waals surface area (Å²) in [6.45, 7) is 6.04. The van der Waals surface area contributed by atoms with E-state index < -0.39 is 11.7 Å². The van der Waals surface area contributed by atoms with Gasteiger partial charge in [-0.1, -0.05) is 6.07 Å². The fraction of sp³-hybridized carbons (Fsp3) is 0.391. The number of fused-ring (bicyclic) bond motifs is 2. The van der Waals surface area contributed by atoms with Crippen LogP contribution in [0.2, 0.25) is 0 Å². The van der Waals surface area contributed by atoms with Crippen LogP contribution in [0.3, 0.4) is 0 Å². The number of rotatable bonds is 3. The fourth-order valence-electron chi connectivity index (χ4n) is 4.60. The molecule has 6 nitrogen and oxygen atoms in total. The maximum Gasteiger partial charge on any atom is 0.417 e. The van der Waals surface area contributed by atoms with Crippen molar-refractivity contribution in [2.24, 2.45) is 0 Å². The number of aromatic nitrogens is 2. The summed E-state index contributed by atoms with van der Waals surface area (Å²) in [5, 5.41) is 3.30. The van der Waals surface area contributed by atoms with Crippen LogP contribution < -0.4 is 10.2 Å². The molecule has 0 atom stereocenters. The highest BCUT2D eigenvalue weighted by atomic mass is 19.4. The van der Waals surface area contributed by atoms with Crippen LogP contribution in [0.4, 0.5) is 18.9 Å². The summed E-state index contributed by atoms with van der Waals surface area (Å²) >= 11 is 0. The lowest BCUT2D eigenvalue weighted by atomic mass is 10.0. The second kappa shape index (κ2) is 7.90. The maximum atomic E-state index is 13.4. The number of carbonyl (C=O) groups is 1. The van der Waals surface area contributed by atoms with E-state index in [1.807, 2.05) is 18.2 Å². The lowest BCUT2D eigenvalue weighted by Gasteiger charge is -2.27. The van der Waals surface area contributed by atoms with Gasteiger partial charge in [-0.25, -0.2) is 4.98 Å². The highest BCUT2D eigenvalue weighted by molar-refractivity contribution is 5.94. The molecule has 0 saturated carbocycles. The van der Waals surface area contributed by atoms with E-state index in [1.165, 1.54) is 6.07 Å². The molecule has 3 aromatic rings. The molecule has 168 valence electrons. The number of imidazole rings is 1. The normalized spacial score (nSPS) is 17.2. The lowest BCUT2D eigenvalue weighted by molar-refractivity contribution is -0.137. The van der Waals surface area contributed by atoms with Crippen LogP contribution in [0, 0.1) is 0 Å². The summed E-state index contributed by atoms with van der Waals surface area (Å²) in [7, 11) is 0. The van der Waals surface area contributed by atoms with Crippen LogP contribution in [-0.4, -0.2) is 52.9 Å². The average molecular weight is 443 g/mol. The van der Waals surface area contributed by atoms with Gasteiger partial charge in [-0.15, -0.1) is 0 Å². The van der Waals surface area contributed by atoms with Crippen molar-refractivity contribution < 1.29 is 18.0 Å². The molecule has 0 unspecified atom stereocenters. The molecule has 4 heterocycles. The Morgan fingerprint density at radius 3 is 2.62 bits per heavy atom. The van der Waals surface area contributed by atoms with Gasteiger partial charge in [0.15, 0.2) is 0 Å². The minimum Gasteiger partial charge on any atom is -0.314 e. The molecule has 2 aromatic heterocycles. The maximum absolute atomic E-state index is 13.4. The van der Waals surface area contributed by atoms with Gasteiger partial charge < -0.3 is 14.6 Å². The quantitative estimate of drug-likeness (QED) is 0.675. The SMILES string of the molecule is CC(=O)N1CCc2cc(-c3nc4ccc(C(F)(F)F)cn4c3CN3CCNCC3)ccc21. The van der Waals surface area contributed by atoms with Crippen molar-refractivity contribution >= 4 is 17.2 Å². The summed E-state index contributed by atoms with van der Waals surface area (Å²) in [4.78, 5) is 20.6. The number of carbonyl (C=O) groups excluding carboxylic acids is 1. The molecule has 5 rings (SSSR count). The van der Waals surface area contributed by atoms with Gasteiger partial charge in [-0.05, 0) is 36.2 Å². The monoisotopic (exact) mass is 443 g/mol. The largest absolute Gasteiger partial charge is 0.417 e. The Morgan fingerprint density at radius 1 is 1.12 bits per heavy atom. The van der Waals surface area contributed by atoms with Gasteiger partial charge in [-0.2, -0.15) is 13.2 Å². The molecule has 1 N–H and O–H groups in total. The zero-order valence-corrected chi connectivity index (χ0v) is 17.7. The number of piperazine rings is 1. The smallest absolute Gasteiger partial charge is 0.314 e. The number of hydrogen-bond acceptors (Lipinski definition) is 4. The van der Waals surface area contributed by atoms with E-state index in [4.69, 9.17) is 4.98 Å². The van der Waals surface area contributed by atoms with Crippen LogP contribution in [0.5, 0.6) is 0 Å². The van der Waals surface area contributed by atoms with E-state index >= 15 is 0 Å². The number of nitrogens with one attached hydrogen (secondary N) is 1. The van der Waals surface area contributed by atoms with E-state index in [1.54, 1.807) is 16.2 Å². The third-order valence-electron chi connectivity index (χ3n) is 6.26. The minimum absolute atomic E-state index is 0.00306. The Balaban J connectivity index is 1.62. The molecule has 1 amide bonds. The standard InChI is InChI=1S/C23H24F3N5O/c1-15(32)30-9-6-16-12-17(2-4-19(16)30)22-20(14-29-10-7-27-8-11-29)31-13-18(23(24,25)26)3-5-21(31)28-22/h2-5,12-13,27H,6-11,14H2,1H3. The summed E-state index contributed by atoms with van der Waals surface area (Å²) in [6, 6.07) is 8.35. The van der Waals surface area contributed by atoms with Crippen molar-refractivity contribution in [3.8, 4) is 11.3 Å². The number of nitrogens with zero attached hydrogens (tertiary/aromatic N) is 4. The molecule has 9 heteroatoms. The van der Waals surface area contributed by atoms with E-state index in [-0.39, 0.29) is 5.91 Å². The van der Waals surface area contributed by atoms with Gasteiger partial charge >= 0.3 is 6.18 Å². The zero-order chi connectivity index (χ0) is 22.5. The first-order chi connectivity index (χ1) is 15.3. The lowest BCUT2D eigenvalue weighted by Crippen LogP contribution is -2.43. The molecule has 1 saturated heterocycles. The number of benzene rings is 1. The molecule has 0 radical (unpaired) electrons. The van der Waals surface area contributed by atoms with Crippen molar-refractivity contribution in [2.75, 3.05) is 37.6 Å². The van der Waals surface area contributed by atoms with Gasteiger partial charge in [-0.3, -0.25) is 9.69 Å². The number of halogens is 3. The summed E-state index contributed by atoms with van der Waals surface area (Å²) in [5.41, 5.74) is 4.04. The van der Waals surface area contributed by atoms with Crippen molar-refractivity contribution in [2.45, 2.75) is 26.1 Å². The predicted octanol–water partition coefficient (Wildman–Crippen LogP) is 3.33. The summed E-state index contributed by atoms with van der Waals surface area (Å²) in [6.07, 6.45) is -2.52. The third-order valence-corrected chi connectivity index (χ3v) is 6.26. The topological polar surface area (TPSA) is 52.9 Å². The van der Waals surface area contributed by atoms with Crippen LogP contribution in [-0.2, 0) is 23.9 Å². The molecule has 2 aliphatic heterocycles. The predicted molar refractivity (Wildman–Crippen MR) is 116 cm³/mol. The average Bonchev–Trinajstić information content (AvgIpc) is 3.35. The first-order valence-corrected chi connectivity index (χ1v) is 10.7. The zero-order valence-electron chi connectivity index (χ0n) is 17.7. The first kappa shape index (κ1) is 21.0. The van der Waals surface area contributed by atoms with Gasteiger partial charge in [0.2, 0.25) is 5.91 Å². The van der Waals surface area contributed by atoms with Crippen molar-refractivity contribution in [3.63, 3.8) is 0 Å². The Labute approximate surface area is 183 Å². The van der Waals surface area contributed by atoms with Crippen LogP contribution >= 0.6 is 0 Å². The van der Waals surface area contributed by atoms with Crippen LogP contribution in [0.25, 0.3) is 16.9 Å². The number of anilines is 1. The number of hydrogen-bond donors (Lipinski definition) is 1. The molecule has 0 aliphatic carbocycles. The van der Waals surface area contributed by atoms with Crippen molar-refractivity contribution in [1.29, 1.82) is 0 Å². The molecular formula is C23H24F3N5O. The van der Waals surface area contributed by atoms with Crippen molar-refractivity contribution in [1.82, 2.24) is 19.6 Å². The number of alkyl halides is 3. The molecular weight excluding hydrogens is 419 g/mol. The highest BCUT2D eigenvalue weighted by Gasteiger charge is 2.32. The van der Waals surface area contributed by atoms with E-state index in [2.05, 4.69) is 10.2 Å². The first-order valence-electron chi connectivity index (χ1n) is 10.7. The summed E-state index contributed by atoms with van der Waals surface area (Å²) in [5.74, 6) is 0.00306. The summed E-state index contributed by atoms with van der Waals surface area (Å²) < 4.78 is 41.8. The Bertz CT molecular complexity index is 1180. The van der Waals surface area contributed by atoms with Gasteiger partial charge in [0.25, 0.3) is 0 Å². The minimum atomic E-state index is -4.42. The number of amides is 1. The second-order valence-corrected chi connectivity index (χ2v) is 8.34. The number of pyridine rings is 1. The highest BCUT2D eigenvalue weighted by Crippen LogP contribution is 2.35. The molecule has 0 spiro atoms. The van der Waals surface area contributed by atoms with E-state index in [0.717, 1.165) is 67.4 Å². The molecule has 0 bridgehead atoms. The van der Waals surface area contributed by atoms with Crippen molar-refractivity contribution in [3.05, 3.63) is 53.3 Å². The Hall–Kier alpha value is -2.91. The Kier molecular flexibility index (Phi) is 5.17. The second-order valence-electron chi connectivity index (χ2n) is 8.34. The van der Waals surface area contributed by atoms with Crippen LogP contribution in [0.15, 0.2) is 36.5 Å². The van der Waals surface area contributed by atoms with E-state index in [0.29, 0.717) is 24.4 Å². The third kappa shape index (κ3) is 3.75. The van der Waals surface area contributed by atoms with Gasteiger partial charge in [0, 0.05) is 63.6 Å². The Morgan fingerprint density at radius 2 is 1.91 bits per heavy atom. The van der Waals surface area contributed by atoms with E-state index in [9.17, 15) is 18.0 Å². The molecule has 1 aromatic carbocycles.